The van der Waals surface area contributed by atoms with Crippen LogP contribution in [0.2, 0.25) is 0 Å². The van der Waals surface area contributed by atoms with Gasteiger partial charge in [0.15, 0.2) is 5.82 Å². The summed E-state index contributed by atoms with van der Waals surface area (Å²) in [7, 11) is 3.71. The number of nitrogens with two attached hydrogens (primary N) is 1. The van der Waals surface area contributed by atoms with E-state index in [0.29, 0.717) is 17.3 Å². The predicted molar refractivity (Wildman–Crippen MR) is 62.3 cm³/mol. The number of benzene rings is 1. The van der Waals surface area contributed by atoms with Gasteiger partial charge in [0.1, 0.15) is 17.3 Å². The summed E-state index contributed by atoms with van der Waals surface area (Å²) >= 11 is 0. The molecule has 0 atom stereocenters. The summed E-state index contributed by atoms with van der Waals surface area (Å²) in [5, 5.41) is 4.22. The van der Waals surface area contributed by atoms with Gasteiger partial charge in [0.25, 0.3) is 0 Å². The van der Waals surface area contributed by atoms with Gasteiger partial charge in [-0.25, -0.2) is 9.07 Å². The highest BCUT2D eigenvalue weighted by atomic mass is 19.1. The van der Waals surface area contributed by atoms with Gasteiger partial charge in [0.2, 0.25) is 0 Å². The molecule has 2 rings (SSSR count). The van der Waals surface area contributed by atoms with E-state index in [2.05, 4.69) is 5.10 Å². The first kappa shape index (κ1) is 10.5. The summed E-state index contributed by atoms with van der Waals surface area (Å²) < 4.78 is 14.9. The zero-order valence-corrected chi connectivity index (χ0v) is 9.18. The van der Waals surface area contributed by atoms with Crippen LogP contribution in [0.5, 0.6) is 0 Å². The molecule has 5 heteroatoms. The summed E-state index contributed by atoms with van der Waals surface area (Å²) in [4.78, 5) is 1.81. The summed E-state index contributed by atoms with van der Waals surface area (Å²) in [5.41, 5.74) is 6.14. The van der Waals surface area contributed by atoms with E-state index in [9.17, 15) is 4.39 Å². The van der Waals surface area contributed by atoms with Crippen LogP contribution in [0, 0.1) is 5.82 Å². The van der Waals surface area contributed by atoms with Gasteiger partial charge in [0.05, 0.1) is 0 Å². The summed E-state index contributed by atoms with van der Waals surface area (Å²) in [6.45, 7) is 0. The number of rotatable bonds is 2. The molecule has 0 aliphatic heterocycles. The van der Waals surface area contributed by atoms with E-state index in [4.69, 9.17) is 5.73 Å². The minimum Gasteiger partial charge on any atom is -0.384 e. The summed E-state index contributed by atoms with van der Waals surface area (Å²) in [6.07, 6.45) is 0. The molecular formula is C11H13FN4. The molecule has 4 nitrogen and oxygen atoms in total. The molecule has 0 radical (unpaired) electrons. The smallest absolute Gasteiger partial charge is 0.152 e. The van der Waals surface area contributed by atoms with E-state index in [1.807, 2.05) is 19.0 Å². The number of nitrogen functional groups attached to an aromatic ring is 1. The Morgan fingerprint density at radius 1 is 1.31 bits per heavy atom. The lowest BCUT2D eigenvalue weighted by Crippen LogP contribution is -2.10. The Morgan fingerprint density at radius 3 is 2.56 bits per heavy atom. The molecule has 2 aromatic rings. The lowest BCUT2D eigenvalue weighted by atomic mass is 10.3. The molecule has 0 saturated heterocycles. The first-order valence-electron chi connectivity index (χ1n) is 4.87. The Labute approximate surface area is 93.1 Å². The molecule has 16 heavy (non-hydrogen) atoms. The number of nitrogens with zero attached hydrogens (tertiary/aromatic N) is 3. The van der Waals surface area contributed by atoms with Crippen molar-refractivity contribution in [3.8, 4) is 5.69 Å². The van der Waals surface area contributed by atoms with E-state index in [-0.39, 0.29) is 5.82 Å². The summed E-state index contributed by atoms with van der Waals surface area (Å²) in [5.74, 6) is 0.761. The Balaban J connectivity index is 2.52. The van der Waals surface area contributed by atoms with Crippen molar-refractivity contribution in [1.29, 1.82) is 0 Å². The second-order valence-electron chi connectivity index (χ2n) is 3.69. The molecule has 0 unspecified atom stereocenters. The fourth-order valence-electron chi connectivity index (χ4n) is 1.42. The average Bonchev–Trinajstić information content (AvgIpc) is 2.61. The number of aromatic nitrogens is 2. The molecule has 2 N–H and O–H groups in total. The van der Waals surface area contributed by atoms with E-state index >= 15 is 0 Å². The molecule has 0 aliphatic rings. The van der Waals surface area contributed by atoms with Crippen LogP contribution in [0.15, 0.2) is 30.3 Å². The van der Waals surface area contributed by atoms with Crippen LogP contribution in [0.3, 0.4) is 0 Å². The van der Waals surface area contributed by atoms with Gasteiger partial charge in [-0.05, 0) is 12.1 Å². The normalized spacial score (nSPS) is 10.4. The first-order valence-corrected chi connectivity index (χ1v) is 4.87. The SMILES string of the molecule is CN(C)c1cc(N)n(-c2ccccc2F)n1. The van der Waals surface area contributed by atoms with Crippen LogP contribution in [-0.4, -0.2) is 23.9 Å². The molecule has 0 aliphatic carbocycles. The molecule has 1 aromatic carbocycles. The van der Waals surface area contributed by atoms with Gasteiger partial charge in [0, 0.05) is 20.2 Å². The second-order valence-corrected chi connectivity index (χ2v) is 3.69. The van der Waals surface area contributed by atoms with E-state index in [1.165, 1.54) is 10.7 Å². The second kappa shape index (κ2) is 3.84. The Morgan fingerprint density at radius 2 is 2.00 bits per heavy atom. The van der Waals surface area contributed by atoms with Crippen molar-refractivity contribution < 1.29 is 4.39 Å². The van der Waals surface area contributed by atoms with E-state index in [0.717, 1.165) is 0 Å². The molecular weight excluding hydrogens is 207 g/mol. The average molecular weight is 220 g/mol. The van der Waals surface area contributed by atoms with Crippen LogP contribution in [0.4, 0.5) is 16.0 Å². The van der Waals surface area contributed by atoms with Gasteiger partial charge >= 0.3 is 0 Å². The van der Waals surface area contributed by atoms with Gasteiger partial charge < -0.3 is 10.6 Å². The Bertz CT molecular complexity index is 504. The van der Waals surface area contributed by atoms with E-state index in [1.54, 1.807) is 24.3 Å². The number of hydrogen-bond acceptors (Lipinski definition) is 3. The van der Waals surface area contributed by atoms with Crippen LogP contribution in [0.1, 0.15) is 0 Å². The molecule has 1 aromatic heterocycles. The monoisotopic (exact) mass is 220 g/mol. The predicted octanol–water partition coefficient (Wildman–Crippen LogP) is 1.66. The standard InChI is InChI=1S/C11H13FN4/c1-15(2)11-7-10(13)16(14-11)9-6-4-3-5-8(9)12/h3-7H,13H2,1-2H3. The molecule has 84 valence electrons. The minimum atomic E-state index is -0.345. The lowest BCUT2D eigenvalue weighted by molar-refractivity contribution is 0.612. The number of para-hydroxylation sites is 1. The van der Waals surface area contributed by atoms with Crippen LogP contribution in [0.25, 0.3) is 5.69 Å². The van der Waals surface area contributed by atoms with Crippen molar-refractivity contribution in [2.24, 2.45) is 0 Å². The first-order chi connectivity index (χ1) is 7.59. The van der Waals surface area contributed by atoms with Crippen molar-refractivity contribution in [3.63, 3.8) is 0 Å². The number of anilines is 2. The summed E-state index contributed by atoms with van der Waals surface area (Å²) in [6, 6.07) is 8.09. The number of halogens is 1. The minimum absolute atomic E-state index is 0.345. The van der Waals surface area contributed by atoms with Crippen molar-refractivity contribution in [1.82, 2.24) is 9.78 Å². The Hall–Kier alpha value is -2.04. The van der Waals surface area contributed by atoms with Crippen LogP contribution < -0.4 is 10.6 Å². The maximum absolute atomic E-state index is 13.5. The molecule has 1 heterocycles. The molecule has 0 spiro atoms. The van der Waals surface area contributed by atoms with Crippen molar-refractivity contribution in [2.75, 3.05) is 24.7 Å². The van der Waals surface area contributed by atoms with Gasteiger partial charge in [-0.2, -0.15) is 0 Å². The van der Waals surface area contributed by atoms with Crippen molar-refractivity contribution in [2.45, 2.75) is 0 Å². The number of hydrogen-bond donors (Lipinski definition) is 1. The van der Waals surface area contributed by atoms with Gasteiger partial charge in [-0.15, -0.1) is 5.10 Å². The maximum atomic E-state index is 13.5. The Kier molecular flexibility index (Phi) is 2.52. The fraction of sp³-hybridized carbons (Fsp3) is 0.182. The third-order valence-corrected chi connectivity index (χ3v) is 2.26. The molecule has 0 saturated carbocycles. The van der Waals surface area contributed by atoms with Crippen molar-refractivity contribution >= 4 is 11.6 Å². The van der Waals surface area contributed by atoms with Gasteiger partial charge in [-0.3, -0.25) is 0 Å². The van der Waals surface area contributed by atoms with Crippen LogP contribution in [-0.2, 0) is 0 Å². The highest BCUT2D eigenvalue weighted by Gasteiger charge is 2.10. The highest BCUT2D eigenvalue weighted by Crippen LogP contribution is 2.20. The lowest BCUT2D eigenvalue weighted by Gasteiger charge is -2.07. The fourth-order valence-corrected chi connectivity index (χ4v) is 1.42. The largest absolute Gasteiger partial charge is 0.384 e. The topological polar surface area (TPSA) is 47.1 Å². The van der Waals surface area contributed by atoms with Gasteiger partial charge in [-0.1, -0.05) is 12.1 Å². The quantitative estimate of drug-likeness (QED) is 0.837. The van der Waals surface area contributed by atoms with Crippen LogP contribution >= 0.6 is 0 Å². The zero-order valence-electron chi connectivity index (χ0n) is 9.18. The maximum Gasteiger partial charge on any atom is 0.152 e. The third-order valence-electron chi connectivity index (χ3n) is 2.26. The van der Waals surface area contributed by atoms with Crippen molar-refractivity contribution in [3.05, 3.63) is 36.1 Å². The highest BCUT2D eigenvalue weighted by molar-refractivity contribution is 5.52. The zero-order chi connectivity index (χ0) is 11.7. The van der Waals surface area contributed by atoms with E-state index < -0.39 is 0 Å². The third kappa shape index (κ3) is 1.71. The molecule has 0 bridgehead atoms. The molecule has 0 amide bonds. The molecule has 0 fully saturated rings.